The molecule has 0 atom stereocenters. The SMILES string of the molecule is CC(C)Oc1ccccc1N1CCC(N)(CO)CC1. The molecule has 0 aromatic heterocycles. The molecule has 1 fully saturated rings. The molecule has 3 N–H and O–H groups in total. The number of aliphatic hydroxyl groups is 1. The number of hydrogen-bond acceptors (Lipinski definition) is 4. The number of aliphatic hydroxyl groups excluding tert-OH is 1. The van der Waals surface area contributed by atoms with Crippen molar-refractivity contribution < 1.29 is 9.84 Å². The van der Waals surface area contributed by atoms with E-state index in [1.165, 1.54) is 0 Å². The molecule has 1 aromatic carbocycles. The van der Waals surface area contributed by atoms with E-state index in [1.54, 1.807) is 0 Å². The Morgan fingerprint density at radius 1 is 1.32 bits per heavy atom. The van der Waals surface area contributed by atoms with Gasteiger partial charge in [-0.1, -0.05) is 12.1 Å². The fraction of sp³-hybridized carbons (Fsp3) is 0.600. The highest BCUT2D eigenvalue weighted by molar-refractivity contribution is 5.58. The second-order valence-electron chi connectivity index (χ2n) is 5.64. The smallest absolute Gasteiger partial charge is 0.142 e. The summed E-state index contributed by atoms with van der Waals surface area (Å²) in [7, 11) is 0. The van der Waals surface area contributed by atoms with E-state index in [9.17, 15) is 5.11 Å². The van der Waals surface area contributed by atoms with Crippen LogP contribution in [0.25, 0.3) is 0 Å². The van der Waals surface area contributed by atoms with Crippen LogP contribution in [0.3, 0.4) is 0 Å². The minimum Gasteiger partial charge on any atom is -0.489 e. The number of rotatable bonds is 4. The lowest BCUT2D eigenvalue weighted by Gasteiger charge is -2.39. The van der Waals surface area contributed by atoms with Crippen molar-refractivity contribution in [3.63, 3.8) is 0 Å². The Morgan fingerprint density at radius 2 is 1.95 bits per heavy atom. The number of anilines is 1. The number of nitrogens with two attached hydrogens (primary N) is 1. The van der Waals surface area contributed by atoms with Crippen LogP contribution < -0.4 is 15.4 Å². The molecule has 1 aliphatic rings. The quantitative estimate of drug-likeness (QED) is 0.870. The van der Waals surface area contributed by atoms with Crippen molar-refractivity contribution in [2.24, 2.45) is 5.73 Å². The Balaban J connectivity index is 2.11. The fourth-order valence-corrected chi connectivity index (χ4v) is 2.42. The van der Waals surface area contributed by atoms with Gasteiger partial charge in [0, 0.05) is 18.6 Å². The molecule has 1 heterocycles. The third-order valence-electron chi connectivity index (χ3n) is 3.64. The summed E-state index contributed by atoms with van der Waals surface area (Å²) >= 11 is 0. The third-order valence-corrected chi connectivity index (χ3v) is 3.64. The Kier molecular flexibility index (Phi) is 4.32. The van der Waals surface area contributed by atoms with Crippen LogP contribution in [0.1, 0.15) is 26.7 Å². The molecule has 106 valence electrons. The molecule has 1 aromatic rings. The van der Waals surface area contributed by atoms with Gasteiger partial charge in [-0.3, -0.25) is 0 Å². The predicted molar refractivity (Wildman–Crippen MR) is 77.7 cm³/mol. The van der Waals surface area contributed by atoms with Gasteiger partial charge in [0.15, 0.2) is 0 Å². The van der Waals surface area contributed by atoms with Crippen molar-refractivity contribution in [1.29, 1.82) is 0 Å². The first-order valence-electron chi connectivity index (χ1n) is 6.94. The zero-order valence-electron chi connectivity index (χ0n) is 11.8. The van der Waals surface area contributed by atoms with Crippen molar-refractivity contribution in [1.82, 2.24) is 0 Å². The Labute approximate surface area is 115 Å². The van der Waals surface area contributed by atoms with Crippen molar-refractivity contribution in [2.75, 3.05) is 24.6 Å². The van der Waals surface area contributed by atoms with Gasteiger partial charge in [0.1, 0.15) is 5.75 Å². The Bertz CT molecular complexity index is 412. The molecule has 4 nitrogen and oxygen atoms in total. The van der Waals surface area contributed by atoms with E-state index in [2.05, 4.69) is 11.0 Å². The summed E-state index contributed by atoms with van der Waals surface area (Å²) in [6.07, 6.45) is 1.77. The van der Waals surface area contributed by atoms with Gasteiger partial charge in [0.2, 0.25) is 0 Å². The van der Waals surface area contributed by atoms with E-state index < -0.39 is 5.54 Å². The maximum Gasteiger partial charge on any atom is 0.142 e. The van der Waals surface area contributed by atoms with Crippen LogP contribution in [0.4, 0.5) is 5.69 Å². The average molecular weight is 264 g/mol. The predicted octanol–water partition coefficient (Wildman–Crippen LogP) is 1.76. The van der Waals surface area contributed by atoms with Gasteiger partial charge < -0.3 is 20.5 Å². The van der Waals surface area contributed by atoms with Gasteiger partial charge in [0.05, 0.1) is 18.4 Å². The van der Waals surface area contributed by atoms with Gasteiger partial charge in [-0.25, -0.2) is 0 Å². The Hall–Kier alpha value is -1.26. The van der Waals surface area contributed by atoms with Crippen molar-refractivity contribution in [3.8, 4) is 5.75 Å². The minimum atomic E-state index is -0.412. The highest BCUT2D eigenvalue weighted by atomic mass is 16.5. The molecule has 0 bridgehead atoms. The minimum absolute atomic E-state index is 0.0605. The van der Waals surface area contributed by atoms with Gasteiger partial charge >= 0.3 is 0 Å². The number of para-hydroxylation sites is 2. The number of hydrogen-bond donors (Lipinski definition) is 2. The van der Waals surface area contributed by atoms with E-state index in [4.69, 9.17) is 10.5 Å². The van der Waals surface area contributed by atoms with Crippen LogP contribution in [0.5, 0.6) is 5.75 Å². The van der Waals surface area contributed by atoms with Gasteiger partial charge in [-0.05, 0) is 38.8 Å². The van der Waals surface area contributed by atoms with Gasteiger partial charge in [-0.15, -0.1) is 0 Å². The third kappa shape index (κ3) is 3.39. The van der Waals surface area contributed by atoms with Crippen LogP contribution in [0.15, 0.2) is 24.3 Å². The lowest BCUT2D eigenvalue weighted by Crippen LogP contribution is -2.53. The van der Waals surface area contributed by atoms with Gasteiger partial charge in [-0.2, -0.15) is 0 Å². The van der Waals surface area contributed by atoms with Crippen molar-refractivity contribution in [3.05, 3.63) is 24.3 Å². The summed E-state index contributed by atoms with van der Waals surface area (Å²) < 4.78 is 5.85. The highest BCUT2D eigenvalue weighted by Gasteiger charge is 2.30. The van der Waals surface area contributed by atoms with Crippen LogP contribution in [-0.2, 0) is 0 Å². The molecule has 0 radical (unpaired) electrons. The molecule has 19 heavy (non-hydrogen) atoms. The van der Waals surface area contributed by atoms with Crippen LogP contribution in [0, 0.1) is 0 Å². The second kappa shape index (κ2) is 5.80. The first-order chi connectivity index (χ1) is 9.04. The molecule has 1 aliphatic heterocycles. The summed E-state index contributed by atoms with van der Waals surface area (Å²) in [5.74, 6) is 0.922. The standard InChI is InChI=1S/C15H24N2O2/c1-12(2)19-14-6-4-3-5-13(14)17-9-7-15(16,11-18)8-10-17/h3-6,12,18H,7-11,16H2,1-2H3. The molecule has 4 heteroatoms. The molecule has 0 aliphatic carbocycles. The molecule has 0 spiro atoms. The topological polar surface area (TPSA) is 58.7 Å². The van der Waals surface area contributed by atoms with Crippen molar-refractivity contribution >= 4 is 5.69 Å². The van der Waals surface area contributed by atoms with Crippen LogP contribution >= 0.6 is 0 Å². The Morgan fingerprint density at radius 3 is 2.53 bits per heavy atom. The zero-order chi connectivity index (χ0) is 13.9. The lowest BCUT2D eigenvalue weighted by atomic mass is 9.89. The average Bonchev–Trinajstić information content (AvgIpc) is 2.40. The number of piperidine rings is 1. The first-order valence-corrected chi connectivity index (χ1v) is 6.94. The maximum atomic E-state index is 9.31. The summed E-state index contributed by atoms with van der Waals surface area (Å²) in [5, 5.41) is 9.31. The normalized spacial score (nSPS) is 18.7. The maximum absolute atomic E-state index is 9.31. The van der Waals surface area contributed by atoms with Crippen LogP contribution in [0.2, 0.25) is 0 Å². The van der Waals surface area contributed by atoms with Crippen LogP contribution in [-0.4, -0.2) is 36.4 Å². The second-order valence-corrected chi connectivity index (χ2v) is 5.64. The lowest BCUT2D eigenvalue weighted by molar-refractivity contribution is 0.169. The zero-order valence-corrected chi connectivity index (χ0v) is 11.8. The highest BCUT2D eigenvalue weighted by Crippen LogP contribution is 2.32. The van der Waals surface area contributed by atoms with E-state index >= 15 is 0 Å². The molecule has 0 amide bonds. The summed E-state index contributed by atoms with van der Waals surface area (Å²) in [6.45, 7) is 5.84. The number of ether oxygens (including phenoxy) is 1. The molecular formula is C15H24N2O2. The van der Waals surface area contributed by atoms with E-state index in [0.717, 1.165) is 37.4 Å². The molecule has 0 saturated carbocycles. The van der Waals surface area contributed by atoms with Gasteiger partial charge in [0.25, 0.3) is 0 Å². The van der Waals surface area contributed by atoms with Crippen molar-refractivity contribution in [2.45, 2.75) is 38.3 Å². The van der Waals surface area contributed by atoms with E-state index in [0.29, 0.717) is 0 Å². The largest absolute Gasteiger partial charge is 0.489 e. The molecule has 1 saturated heterocycles. The summed E-state index contributed by atoms with van der Waals surface area (Å²) in [5.41, 5.74) is 6.82. The monoisotopic (exact) mass is 264 g/mol. The van der Waals surface area contributed by atoms with E-state index in [-0.39, 0.29) is 12.7 Å². The first kappa shape index (κ1) is 14.2. The number of benzene rings is 1. The summed E-state index contributed by atoms with van der Waals surface area (Å²) in [4.78, 5) is 2.29. The number of nitrogens with zero attached hydrogens (tertiary/aromatic N) is 1. The molecule has 0 unspecified atom stereocenters. The summed E-state index contributed by atoms with van der Waals surface area (Å²) in [6, 6.07) is 8.11. The molecule has 2 rings (SSSR count). The molecular weight excluding hydrogens is 240 g/mol. The fourth-order valence-electron chi connectivity index (χ4n) is 2.42. The van der Waals surface area contributed by atoms with E-state index in [1.807, 2.05) is 32.0 Å².